The highest BCUT2D eigenvalue weighted by Gasteiger charge is 2.54. The number of methoxy groups -OCH3 is 2. The molecular formula is C54H87N3O16. The molecule has 5 rings (SSSR count). The van der Waals surface area contributed by atoms with Crippen LogP contribution in [0.1, 0.15) is 118 Å². The van der Waals surface area contributed by atoms with E-state index in [1.165, 1.54) is 28.1 Å². The minimum absolute atomic E-state index is 0.0173. The Morgan fingerprint density at radius 2 is 1.58 bits per heavy atom. The summed E-state index contributed by atoms with van der Waals surface area (Å²) in [6, 6.07) is 9.88. The van der Waals surface area contributed by atoms with Crippen molar-refractivity contribution in [1.29, 1.82) is 0 Å². The number of carbonyl (C=O) groups is 3. The molecule has 3 fully saturated rings. The average Bonchev–Trinajstić information content (AvgIpc) is 3.74. The Labute approximate surface area is 432 Å². The van der Waals surface area contributed by atoms with Crippen molar-refractivity contribution in [2.75, 3.05) is 27.8 Å². The molecule has 1 amide bonds. The van der Waals surface area contributed by atoms with E-state index in [0.717, 1.165) is 5.56 Å². The first-order valence-electron chi connectivity index (χ1n) is 25.9. The van der Waals surface area contributed by atoms with E-state index in [4.69, 9.17) is 37.9 Å². The second-order valence-corrected chi connectivity index (χ2v) is 21.9. The highest BCUT2D eigenvalue weighted by atomic mass is 16.7. The third-order valence-corrected chi connectivity index (χ3v) is 16.0. The first-order chi connectivity index (χ1) is 34.1. The molecule has 0 aliphatic carbocycles. The highest BCUT2D eigenvalue weighted by molar-refractivity contribution is 5.93. The van der Waals surface area contributed by atoms with E-state index in [1.54, 1.807) is 86.3 Å². The standard InChI is InChI=1S/C54H87N3O16/c1-16-41-54(11,65)46(61)31(4)43(59)29(2)24-53(10,67-15)48(32(5)45(33(6)50(64)71-41)72-42-25-52(9,66-14)47(62)35(8)70-42)73-51-44(60)39(22-30(3)69-51)57(13)27-38(34(7)58)55-49(63)40-23-37(26-56(40)12)68-28-36-20-18-17-19-21-36/h17-21,23,26,29-35,38-39,41-42,44-48,51,58,60-62,65H,16,22,24-25,27-28H2,1-15H3,(H,55,63)/t29-,30-,31+,32+,33-,34?,35+,38?,39+,41-,42+,44-,45+,46-,47+,48-,51-,52-,53-,54-/m1/s1. The van der Waals surface area contributed by atoms with Crippen LogP contribution in [0.4, 0.5) is 0 Å². The number of nitrogens with zero attached hydrogens (tertiary/aromatic N) is 2. The lowest BCUT2D eigenvalue weighted by Crippen LogP contribution is -2.62. The second kappa shape index (κ2) is 25.1. The molecule has 2 aromatic rings. The predicted molar refractivity (Wildman–Crippen MR) is 269 cm³/mol. The Balaban J connectivity index is 1.48. The molecule has 20 atom stereocenters. The largest absolute Gasteiger partial charge is 0.487 e. The van der Waals surface area contributed by atoms with Crippen molar-refractivity contribution in [2.45, 2.75) is 205 Å². The van der Waals surface area contributed by atoms with Crippen LogP contribution in [0.5, 0.6) is 5.75 Å². The van der Waals surface area contributed by atoms with E-state index in [0.29, 0.717) is 24.5 Å². The van der Waals surface area contributed by atoms with Crippen LogP contribution >= 0.6 is 0 Å². The van der Waals surface area contributed by atoms with E-state index >= 15 is 0 Å². The molecule has 0 bridgehead atoms. The molecular weight excluding hydrogens is 947 g/mol. The van der Waals surface area contributed by atoms with Gasteiger partial charge in [-0.3, -0.25) is 19.3 Å². The molecule has 73 heavy (non-hydrogen) atoms. The van der Waals surface area contributed by atoms with Gasteiger partial charge in [-0.25, -0.2) is 0 Å². The van der Waals surface area contributed by atoms with Crippen LogP contribution in [-0.4, -0.2) is 177 Å². The lowest BCUT2D eigenvalue weighted by Gasteiger charge is -2.50. The molecule has 3 aliphatic heterocycles. The summed E-state index contributed by atoms with van der Waals surface area (Å²) >= 11 is 0. The Kier molecular flexibility index (Phi) is 20.7. The van der Waals surface area contributed by atoms with Crippen LogP contribution in [0, 0.1) is 23.7 Å². The number of hydrogen-bond donors (Lipinski definition) is 6. The monoisotopic (exact) mass is 1030 g/mol. The normalized spacial score (nSPS) is 39.1. The van der Waals surface area contributed by atoms with Crippen LogP contribution in [-0.2, 0) is 56.4 Å². The van der Waals surface area contributed by atoms with Gasteiger partial charge in [0.25, 0.3) is 5.91 Å². The molecule has 0 radical (unpaired) electrons. The predicted octanol–water partition coefficient (Wildman–Crippen LogP) is 3.91. The zero-order chi connectivity index (χ0) is 54.5. The first-order valence-corrected chi connectivity index (χ1v) is 25.9. The number of ketones is 1. The van der Waals surface area contributed by atoms with Crippen molar-refractivity contribution in [3.05, 3.63) is 53.9 Å². The molecule has 0 spiro atoms. The smallest absolute Gasteiger partial charge is 0.311 e. The third-order valence-electron chi connectivity index (χ3n) is 16.0. The van der Waals surface area contributed by atoms with Gasteiger partial charge in [0, 0.05) is 70.3 Å². The Bertz CT molecular complexity index is 2110. The fourth-order valence-electron chi connectivity index (χ4n) is 11.1. The zero-order valence-corrected chi connectivity index (χ0v) is 45.7. The number of aryl methyl sites for hydroxylation is 1. The fraction of sp³-hybridized carbons (Fsp3) is 0.759. The molecule has 3 saturated heterocycles. The number of benzene rings is 1. The maximum absolute atomic E-state index is 14.5. The fourth-order valence-corrected chi connectivity index (χ4v) is 11.1. The van der Waals surface area contributed by atoms with Crippen molar-refractivity contribution in [3.8, 4) is 5.75 Å². The minimum atomic E-state index is -2.03. The summed E-state index contributed by atoms with van der Waals surface area (Å²) in [5.41, 5.74) is -3.22. The van der Waals surface area contributed by atoms with Gasteiger partial charge < -0.3 is 73.3 Å². The van der Waals surface area contributed by atoms with Crippen molar-refractivity contribution in [3.63, 3.8) is 0 Å². The molecule has 4 heterocycles. The maximum Gasteiger partial charge on any atom is 0.311 e. The summed E-state index contributed by atoms with van der Waals surface area (Å²) in [5, 5.41) is 61.0. The number of esters is 1. The molecule has 0 saturated carbocycles. The van der Waals surface area contributed by atoms with Crippen LogP contribution in [0.3, 0.4) is 0 Å². The summed E-state index contributed by atoms with van der Waals surface area (Å²) in [6.07, 6.45) is -9.80. The SMILES string of the molecule is CC[C@H]1OC(=O)[C@H](C)[C@@H](O[C@H]2C[C@@](C)(OC)[C@@H](O)[C@H](C)O2)[C@H](C)[C@@H](O[C@H]2O[C@H](C)C[C@H](N(C)CC(NC(=O)c3cc(OCc4ccccc4)cn3C)C(C)O)[C@H]2O)[C@](C)(OC)C[C@@H](C)C(=O)[C@H](C)[C@@H](O)[C@]1(C)O. The van der Waals surface area contributed by atoms with Gasteiger partial charge in [-0.15, -0.1) is 0 Å². The molecule has 2 unspecified atom stereocenters. The number of hydrogen-bond acceptors (Lipinski definition) is 17. The molecule has 414 valence electrons. The van der Waals surface area contributed by atoms with Crippen LogP contribution in [0.25, 0.3) is 0 Å². The number of Topliss-reactive ketones (excluding diaryl/α,β-unsaturated/α-hetero) is 1. The topological polar surface area (TPSA) is 246 Å². The first kappa shape index (κ1) is 60.3. The molecule has 19 nitrogen and oxygen atoms in total. The summed E-state index contributed by atoms with van der Waals surface area (Å²) in [4.78, 5) is 44.4. The van der Waals surface area contributed by atoms with E-state index in [9.17, 15) is 39.9 Å². The second-order valence-electron chi connectivity index (χ2n) is 21.9. The van der Waals surface area contributed by atoms with E-state index in [-0.39, 0.29) is 31.6 Å². The van der Waals surface area contributed by atoms with Crippen molar-refractivity contribution in [2.24, 2.45) is 30.7 Å². The molecule has 6 N–H and O–H groups in total. The van der Waals surface area contributed by atoms with E-state index in [1.807, 2.05) is 42.2 Å². The lowest BCUT2D eigenvalue weighted by atomic mass is 9.74. The number of aromatic nitrogens is 1. The number of carbonyl (C=O) groups excluding carboxylic acids is 3. The molecule has 3 aliphatic rings. The number of ether oxygens (including phenoxy) is 8. The van der Waals surface area contributed by atoms with Crippen LogP contribution in [0.15, 0.2) is 42.6 Å². The zero-order valence-electron chi connectivity index (χ0n) is 45.7. The minimum Gasteiger partial charge on any atom is -0.487 e. The van der Waals surface area contributed by atoms with Gasteiger partial charge in [0.2, 0.25) is 0 Å². The number of aliphatic hydroxyl groups is 5. The molecule has 1 aromatic carbocycles. The summed E-state index contributed by atoms with van der Waals surface area (Å²) < 4.78 is 52.3. The van der Waals surface area contributed by atoms with E-state index in [2.05, 4.69) is 5.32 Å². The van der Waals surface area contributed by atoms with Gasteiger partial charge in [-0.05, 0) is 80.3 Å². The number of aliphatic hydroxyl groups excluding tert-OH is 4. The summed E-state index contributed by atoms with van der Waals surface area (Å²) in [7, 11) is 6.47. The number of rotatable bonds is 16. The van der Waals surface area contributed by atoms with Crippen LogP contribution in [0.2, 0.25) is 0 Å². The highest BCUT2D eigenvalue weighted by Crippen LogP contribution is 2.42. The van der Waals surface area contributed by atoms with Gasteiger partial charge in [0.1, 0.15) is 47.7 Å². The number of nitrogens with one attached hydrogen (secondary N) is 1. The Hall–Kier alpha value is -3.57. The Morgan fingerprint density at radius 1 is 0.932 bits per heavy atom. The quantitative estimate of drug-likeness (QED) is 0.131. The molecule has 19 heteroatoms. The van der Waals surface area contributed by atoms with Crippen molar-refractivity contribution in [1.82, 2.24) is 14.8 Å². The van der Waals surface area contributed by atoms with Crippen molar-refractivity contribution >= 4 is 17.7 Å². The molecule has 1 aromatic heterocycles. The van der Waals surface area contributed by atoms with Gasteiger partial charge >= 0.3 is 5.97 Å². The summed E-state index contributed by atoms with van der Waals surface area (Å²) in [6.45, 7) is 18.7. The summed E-state index contributed by atoms with van der Waals surface area (Å²) in [5.74, 6) is -4.91. The lowest BCUT2D eigenvalue weighted by molar-refractivity contribution is -0.319. The van der Waals surface area contributed by atoms with Gasteiger partial charge in [0.05, 0.1) is 59.8 Å². The van der Waals surface area contributed by atoms with Crippen molar-refractivity contribution < 1.29 is 77.8 Å². The average molecular weight is 1030 g/mol. The number of cyclic esters (lactones) is 1. The van der Waals surface area contributed by atoms with Gasteiger partial charge in [0.15, 0.2) is 12.6 Å². The van der Waals surface area contributed by atoms with Crippen LogP contribution < -0.4 is 10.1 Å². The van der Waals surface area contributed by atoms with E-state index < -0.39 is 132 Å². The van der Waals surface area contributed by atoms with Gasteiger partial charge in [-0.2, -0.15) is 0 Å². The maximum atomic E-state index is 14.5. The number of likely N-dealkylation sites (N-methyl/N-ethyl adjacent to an activating group) is 1. The number of amides is 1. The Morgan fingerprint density at radius 3 is 2.18 bits per heavy atom. The third kappa shape index (κ3) is 13.9. The van der Waals surface area contributed by atoms with Gasteiger partial charge in [-0.1, -0.05) is 58.0 Å².